The van der Waals surface area contributed by atoms with Gasteiger partial charge in [-0.05, 0) is 38.5 Å². The number of nitrogens with one attached hydrogen (secondary N) is 1. The number of anilines is 1. The highest BCUT2D eigenvalue weighted by Gasteiger charge is 2.34. The second kappa shape index (κ2) is 6.65. The Labute approximate surface area is 145 Å². The highest BCUT2D eigenvalue weighted by molar-refractivity contribution is 6.34. The number of hydrogen-bond donors (Lipinski definition) is 1. The molecule has 6 nitrogen and oxygen atoms in total. The van der Waals surface area contributed by atoms with E-state index in [4.69, 9.17) is 11.6 Å². The Morgan fingerprint density at radius 1 is 1.38 bits per heavy atom. The Morgan fingerprint density at radius 2 is 2.12 bits per heavy atom. The molecule has 2 amide bonds. The van der Waals surface area contributed by atoms with Crippen LogP contribution in [0.1, 0.15) is 17.8 Å². The summed E-state index contributed by atoms with van der Waals surface area (Å²) in [5, 5.41) is 7.59. The molecule has 2 aromatic rings. The van der Waals surface area contributed by atoms with E-state index in [0.29, 0.717) is 23.7 Å². The minimum absolute atomic E-state index is 0.107. The monoisotopic (exact) mass is 346 g/mol. The number of halogens is 1. The number of hydrogen-bond acceptors (Lipinski definition) is 3. The topological polar surface area (TPSA) is 67.2 Å². The van der Waals surface area contributed by atoms with Crippen LogP contribution in [-0.2, 0) is 16.1 Å². The Hall–Kier alpha value is -2.34. The first-order chi connectivity index (χ1) is 11.5. The molecule has 7 heteroatoms. The molecule has 24 heavy (non-hydrogen) atoms. The highest BCUT2D eigenvalue weighted by Crippen LogP contribution is 2.28. The predicted molar refractivity (Wildman–Crippen MR) is 92.1 cm³/mol. The molecule has 126 valence electrons. The number of aryl methyl sites for hydroxylation is 2. The van der Waals surface area contributed by atoms with E-state index < -0.39 is 6.04 Å². The van der Waals surface area contributed by atoms with E-state index in [-0.39, 0.29) is 18.4 Å². The van der Waals surface area contributed by atoms with Gasteiger partial charge in [0.15, 0.2) is 0 Å². The smallest absolute Gasteiger partial charge is 0.249 e. The van der Waals surface area contributed by atoms with Crippen LogP contribution in [0.3, 0.4) is 0 Å². The van der Waals surface area contributed by atoms with Crippen LogP contribution >= 0.6 is 11.6 Å². The minimum Gasteiger partial charge on any atom is -0.343 e. The molecule has 3 rings (SSSR count). The van der Waals surface area contributed by atoms with E-state index >= 15 is 0 Å². The van der Waals surface area contributed by atoms with Gasteiger partial charge < -0.3 is 10.2 Å². The number of carbonyl (C=O) groups is 2. The molecule has 0 aliphatic carbocycles. The van der Waals surface area contributed by atoms with Crippen molar-refractivity contribution >= 4 is 29.1 Å². The summed E-state index contributed by atoms with van der Waals surface area (Å²) < 4.78 is 1.63. The number of amides is 2. The van der Waals surface area contributed by atoms with Crippen LogP contribution in [0.25, 0.3) is 0 Å². The third kappa shape index (κ3) is 3.28. The van der Waals surface area contributed by atoms with E-state index in [0.717, 1.165) is 11.4 Å². The second-order valence-corrected chi connectivity index (χ2v) is 6.34. The summed E-state index contributed by atoms with van der Waals surface area (Å²) in [5.74, 6) is -0.356. The Kier molecular flexibility index (Phi) is 4.57. The molecule has 0 saturated carbocycles. The quantitative estimate of drug-likeness (QED) is 0.921. The van der Waals surface area contributed by atoms with Crippen LogP contribution in [0.15, 0.2) is 30.3 Å². The summed E-state index contributed by atoms with van der Waals surface area (Å²) in [6, 6.07) is 8.60. The summed E-state index contributed by atoms with van der Waals surface area (Å²) in [7, 11) is 0. The highest BCUT2D eigenvalue weighted by atomic mass is 35.5. The average Bonchev–Trinajstić information content (AvgIpc) is 3.03. The lowest BCUT2D eigenvalue weighted by molar-refractivity contribution is -0.127. The van der Waals surface area contributed by atoms with Crippen molar-refractivity contribution in [1.29, 1.82) is 0 Å². The van der Waals surface area contributed by atoms with Crippen LogP contribution in [-0.4, -0.2) is 34.2 Å². The molecule has 0 radical (unpaired) electrons. The molecule has 1 aliphatic heterocycles. The maximum Gasteiger partial charge on any atom is 0.249 e. The lowest BCUT2D eigenvalue weighted by Crippen LogP contribution is -2.43. The molecule has 0 bridgehead atoms. The molecule has 1 aromatic heterocycles. The van der Waals surface area contributed by atoms with Gasteiger partial charge in [-0.1, -0.05) is 23.7 Å². The molecule has 1 saturated heterocycles. The number of nitrogens with zero attached hydrogens (tertiary/aromatic N) is 3. The summed E-state index contributed by atoms with van der Waals surface area (Å²) in [4.78, 5) is 26.4. The van der Waals surface area contributed by atoms with Crippen molar-refractivity contribution in [2.45, 2.75) is 32.9 Å². The van der Waals surface area contributed by atoms with E-state index in [1.54, 1.807) is 21.7 Å². The van der Waals surface area contributed by atoms with Gasteiger partial charge in [0, 0.05) is 12.2 Å². The third-order valence-electron chi connectivity index (χ3n) is 4.08. The first kappa shape index (κ1) is 16.5. The number of para-hydroxylation sites is 1. The summed E-state index contributed by atoms with van der Waals surface area (Å²) >= 11 is 6.16. The zero-order valence-corrected chi connectivity index (χ0v) is 14.4. The molecule has 0 unspecified atom stereocenters. The first-order valence-corrected chi connectivity index (χ1v) is 8.20. The lowest BCUT2D eigenvalue weighted by Gasteiger charge is -2.18. The van der Waals surface area contributed by atoms with E-state index in [1.807, 2.05) is 32.0 Å². The van der Waals surface area contributed by atoms with Gasteiger partial charge in [-0.2, -0.15) is 5.10 Å². The average molecular weight is 347 g/mol. The molecule has 2 heterocycles. The minimum atomic E-state index is -0.522. The van der Waals surface area contributed by atoms with Gasteiger partial charge >= 0.3 is 0 Å². The number of carbonyl (C=O) groups excluding carboxylic acids is 2. The zero-order chi connectivity index (χ0) is 17.3. The molecule has 1 aromatic carbocycles. The standard InChI is InChI=1S/C17H19ClN4O2/c1-11-9-12(2)22(20-11)10-16(23)19-14-7-8-21(17(14)24)15-6-4-3-5-13(15)18/h3-6,9,14H,7-8,10H2,1-2H3,(H,19,23)/t14-/m0/s1. The first-order valence-electron chi connectivity index (χ1n) is 7.82. The van der Waals surface area contributed by atoms with E-state index in [9.17, 15) is 9.59 Å². The van der Waals surface area contributed by atoms with Crippen molar-refractivity contribution < 1.29 is 9.59 Å². The molecular formula is C17H19ClN4O2. The molecular weight excluding hydrogens is 328 g/mol. The normalized spacial score (nSPS) is 17.4. The Morgan fingerprint density at radius 3 is 2.79 bits per heavy atom. The molecule has 1 fully saturated rings. The van der Waals surface area contributed by atoms with Crippen molar-refractivity contribution in [3.8, 4) is 0 Å². The van der Waals surface area contributed by atoms with Gasteiger partial charge in [-0.3, -0.25) is 14.3 Å². The Balaban J connectivity index is 1.64. The van der Waals surface area contributed by atoms with Gasteiger partial charge in [-0.25, -0.2) is 0 Å². The summed E-state index contributed by atoms with van der Waals surface area (Å²) in [6.07, 6.45) is 0.562. The van der Waals surface area contributed by atoms with Crippen molar-refractivity contribution in [3.63, 3.8) is 0 Å². The number of benzene rings is 1. The van der Waals surface area contributed by atoms with Gasteiger partial charge in [-0.15, -0.1) is 0 Å². The van der Waals surface area contributed by atoms with Crippen molar-refractivity contribution in [1.82, 2.24) is 15.1 Å². The van der Waals surface area contributed by atoms with Crippen molar-refractivity contribution in [3.05, 3.63) is 46.7 Å². The van der Waals surface area contributed by atoms with Gasteiger partial charge in [0.2, 0.25) is 11.8 Å². The number of aromatic nitrogens is 2. The predicted octanol–water partition coefficient (Wildman–Crippen LogP) is 2.08. The fourth-order valence-corrected chi connectivity index (χ4v) is 3.17. The van der Waals surface area contributed by atoms with Crippen LogP contribution in [0, 0.1) is 13.8 Å². The molecule has 0 spiro atoms. The van der Waals surface area contributed by atoms with Gasteiger partial charge in [0.05, 0.1) is 16.4 Å². The maximum atomic E-state index is 12.5. The Bertz CT molecular complexity index is 787. The van der Waals surface area contributed by atoms with Gasteiger partial charge in [0.25, 0.3) is 0 Å². The number of rotatable bonds is 4. The van der Waals surface area contributed by atoms with Crippen LogP contribution in [0.4, 0.5) is 5.69 Å². The van der Waals surface area contributed by atoms with Crippen LogP contribution in [0.5, 0.6) is 0 Å². The summed E-state index contributed by atoms with van der Waals surface area (Å²) in [6.45, 7) is 4.42. The fraction of sp³-hybridized carbons (Fsp3) is 0.353. The van der Waals surface area contributed by atoms with Crippen molar-refractivity contribution in [2.24, 2.45) is 0 Å². The molecule has 1 N–H and O–H groups in total. The fourth-order valence-electron chi connectivity index (χ4n) is 2.93. The molecule has 1 aliphatic rings. The van der Waals surface area contributed by atoms with Crippen LogP contribution < -0.4 is 10.2 Å². The van der Waals surface area contributed by atoms with Crippen molar-refractivity contribution in [2.75, 3.05) is 11.4 Å². The van der Waals surface area contributed by atoms with Gasteiger partial charge in [0.1, 0.15) is 12.6 Å². The lowest BCUT2D eigenvalue weighted by atomic mass is 10.2. The van der Waals surface area contributed by atoms with E-state index in [1.165, 1.54) is 0 Å². The zero-order valence-electron chi connectivity index (χ0n) is 13.6. The third-order valence-corrected chi connectivity index (χ3v) is 4.40. The molecule has 1 atom stereocenters. The summed E-state index contributed by atoms with van der Waals surface area (Å²) in [5.41, 5.74) is 2.46. The maximum absolute atomic E-state index is 12.5. The van der Waals surface area contributed by atoms with Crippen LogP contribution in [0.2, 0.25) is 5.02 Å². The largest absolute Gasteiger partial charge is 0.343 e. The van der Waals surface area contributed by atoms with E-state index in [2.05, 4.69) is 10.4 Å². The SMILES string of the molecule is Cc1cc(C)n(CC(=O)N[C@H]2CCN(c3ccccc3Cl)C2=O)n1. The second-order valence-electron chi connectivity index (χ2n) is 5.93.